The molecule has 1 aromatic heterocycles. The van der Waals surface area contributed by atoms with Crippen LogP contribution in [0.3, 0.4) is 0 Å². The maximum absolute atomic E-state index is 12.4. The van der Waals surface area contributed by atoms with Gasteiger partial charge in [0.1, 0.15) is 6.54 Å². The first-order valence-corrected chi connectivity index (χ1v) is 8.40. The summed E-state index contributed by atoms with van der Waals surface area (Å²) in [7, 11) is 0. The van der Waals surface area contributed by atoms with Crippen LogP contribution >= 0.6 is 11.8 Å². The highest BCUT2D eigenvalue weighted by atomic mass is 32.2. The molecule has 0 radical (unpaired) electrons. The van der Waals surface area contributed by atoms with E-state index in [1.165, 1.54) is 0 Å². The van der Waals surface area contributed by atoms with Crippen molar-refractivity contribution in [1.29, 1.82) is 0 Å². The van der Waals surface area contributed by atoms with E-state index < -0.39 is 11.1 Å². The molecular formula is C16H17N3O3S. The molecule has 1 aromatic rings. The lowest BCUT2D eigenvalue weighted by molar-refractivity contribution is -0.136. The zero-order valence-corrected chi connectivity index (χ0v) is 13.4. The molecule has 2 fully saturated rings. The Kier molecular flexibility index (Phi) is 4.76. The van der Waals surface area contributed by atoms with Crippen LogP contribution in [0.2, 0.25) is 0 Å². The van der Waals surface area contributed by atoms with E-state index in [0.717, 1.165) is 41.5 Å². The van der Waals surface area contributed by atoms with Gasteiger partial charge in [-0.1, -0.05) is 6.07 Å². The van der Waals surface area contributed by atoms with Crippen LogP contribution in [0.25, 0.3) is 6.08 Å². The molecule has 0 N–H and O–H groups in total. The molecule has 3 heterocycles. The number of rotatable bonds is 3. The minimum atomic E-state index is -0.408. The van der Waals surface area contributed by atoms with Gasteiger partial charge in [0.05, 0.1) is 4.91 Å². The van der Waals surface area contributed by atoms with Crippen molar-refractivity contribution in [2.45, 2.75) is 19.3 Å². The molecular weight excluding hydrogens is 314 g/mol. The van der Waals surface area contributed by atoms with Crippen LogP contribution in [0.4, 0.5) is 4.79 Å². The van der Waals surface area contributed by atoms with Gasteiger partial charge < -0.3 is 4.90 Å². The van der Waals surface area contributed by atoms with Crippen LogP contribution in [0, 0.1) is 0 Å². The number of thioether (sulfide) groups is 1. The topological polar surface area (TPSA) is 70.6 Å². The van der Waals surface area contributed by atoms with E-state index in [2.05, 4.69) is 4.98 Å². The summed E-state index contributed by atoms with van der Waals surface area (Å²) in [6.45, 7) is 1.25. The summed E-state index contributed by atoms with van der Waals surface area (Å²) < 4.78 is 0. The molecule has 3 amide bonds. The first kappa shape index (κ1) is 15.7. The molecule has 2 saturated heterocycles. The zero-order chi connectivity index (χ0) is 16.2. The fourth-order valence-corrected chi connectivity index (χ4v) is 3.47. The van der Waals surface area contributed by atoms with Gasteiger partial charge in [0, 0.05) is 25.5 Å². The molecule has 6 nitrogen and oxygen atoms in total. The van der Waals surface area contributed by atoms with Crippen molar-refractivity contribution in [2.75, 3.05) is 19.6 Å². The molecule has 0 atom stereocenters. The number of amides is 3. The van der Waals surface area contributed by atoms with Crippen molar-refractivity contribution in [3.63, 3.8) is 0 Å². The Hall–Kier alpha value is -2.15. The molecule has 0 unspecified atom stereocenters. The Morgan fingerprint density at radius 3 is 2.74 bits per heavy atom. The van der Waals surface area contributed by atoms with Gasteiger partial charge in [-0.2, -0.15) is 0 Å². The fraction of sp³-hybridized carbons (Fsp3) is 0.375. The quantitative estimate of drug-likeness (QED) is 0.794. The van der Waals surface area contributed by atoms with Crippen LogP contribution in [-0.4, -0.2) is 51.5 Å². The molecule has 2 aliphatic heterocycles. The Balaban J connectivity index is 1.69. The van der Waals surface area contributed by atoms with Crippen LogP contribution in [0.1, 0.15) is 24.8 Å². The molecule has 0 bridgehead atoms. The van der Waals surface area contributed by atoms with E-state index >= 15 is 0 Å². The lowest BCUT2D eigenvalue weighted by Crippen LogP contribution is -2.44. The van der Waals surface area contributed by atoms with E-state index in [4.69, 9.17) is 0 Å². The smallest absolute Gasteiger partial charge is 0.294 e. The van der Waals surface area contributed by atoms with Gasteiger partial charge in [0.25, 0.3) is 11.1 Å². The van der Waals surface area contributed by atoms with E-state index in [-0.39, 0.29) is 12.5 Å². The summed E-state index contributed by atoms with van der Waals surface area (Å²) in [6.07, 6.45) is 7.97. The Morgan fingerprint density at radius 2 is 2.04 bits per heavy atom. The normalized spacial score (nSPS) is 20.4. The number of nitrogens with zero attached hydrogens (tertiary/aromatic N) is 3. The van der Waals surface area contributed by atoms with Gasteiger partial charge in [-0.15, -0.1) is 0 Å². The summed E-state index contributed by atoms with van der Waals surface area (Å²) in [5.74, 6) is -0.566. The highest BCUT2D eigenvalue weighted by Crippen LogP contribution is 2.32. The number of imide groups is 1. The lowest BCUT2D eigenvalue weighted by Gasteiger charge is -2.27. The first-order valence-electron chi connectivity index (χ1n) is 7.58. The van der Waals surface area contributed by atoms with E-state index in [1.54, 1.807) is 35.5 Å². The monoisotopic (exact) mass is 331 g/mol. The van der Waals surface area contributed by atoms with Crippen LogP contribution < -0.4 is 0 Å². The molecule has 7 heteroatoms. The molecule has 0 aliphatic carbocycles. The number of pyridine rings is 1. The van der Waals surface area contributed by atoms with Crippen molar-refractivity contribution < 1.29 is 14.4 Å². The van der Waals surface area contributed by atoms with Crippen LogP contribution in [-0.2, 0) is 9.59 Å². The molecule has 23 heavy (non-hydrogen) atoms. The second-order valence-corrected chi connectivity index (χ2v) is 6.49. The molecule has 2 aliphatic rings. The maximum atomic E-state index is 12.4. The number of hydrogen-bond acceptors (Lipinski definition) is 5. The van der Waals surface area contributed by atoms with E-state index in [9.17, 15) is 14.4 Å². The zero-order valence-electron chi connectivity index (χ0n) is 12.6. The third-order valence-corrected chi connectivity index (χ3v) is 4.77. The average molecular weight is 331 g/mol. The number of likely N-dealkylation sites (tertiary alicyclic amines) is 1. The third-order valence-electron chi connectivity index (χ3n) is 3.86. The summed E-state index contributed by atoms with van der Waals surface area (Å²) in [5, 5.41) is -0.393. The van der Waals surface area contributed by atoms with Crippen LogP contribution in [0.5, 0.6) is 0 Å². The van der Waals surface area contributed by atoms with E-state index in [1.807, 2.05) is 0 Å². The SMILES string of the molecule is O=C(CN1C(=O)S/C(=C/c2cccnc2)C1=O)N1CCCCC1. The number of carbonyl (C=O) groups excluding carboxylic acids is 3. The number of carbonyl (C=O) groups is 3. The molecule has 120 valence electrons. The van der Waals surface area contributed by atoms with Gasteiger partial charge in [-0.25, -0.2) is 0 Å². The Labute approximate surface area is 138 Å². The summed E-state index contributed by atoms with van der Waals surface area (Å²) in [4.78, 5) is 43.7. The van der Waals surface area contributed by atoms with Crippen molar-refractivity contribution in [2.24, 2.45) is 0 Å². The van der Waals surface area contributed by atoms with E-state index in [0.29, 0.717) is 18.0 Å². The standard InChI is InChI=1S/C16H17N3O3S/c20-14(18-7-2-1-3-8-18)11-19-15(21)13(23-16(19)22)9-12-5-4-6-17-10-12/h4-6,9-10H,1-3,7-8,11H2/b13-9+. The lowest BCUT2D eigenvalue weighted by atomic mass is 10.1. The highest BCUT2D eigenvalue weighted by Gasteiger charge is 2.37. The van der Waals surface area contributed by atoms with Crippen molar-refractivity contribution in [3.05, 3.63) is 35.0 Å². The van der Waals surface area contributed by atoms with Crippen molar-refractivity contribution >= 4 is 34.9 Å². The molecule has 0 spiro atoms. The molecule has 0 saturated carbocycles. The second kappa shape index (κ2) is 6.95. The maximum Gasteiger partial charge on any atom is 0.294 e. The minimum absolute atomic E-state index is 0.158. The van der Waals surface area contributed by atoms with Crippen LogP contribution in [0.15, 0.2) is 29.4 Å². The van der Waals surface area contributed by atoms with Crippen molar-refractivity contribution in [3.8, 4) is 0 Å². The number of piperidine rings is 1. The first-order chi connectivity index (χ1) is 11.1. The third kappa shape index (κ3) is 3.61. The van der Waals surface area contributed by atoms with Crippen molar-refractivity contribution in [1.82, 2.24) is 14.8 Å². The van der Waals surface area contributed by atoms with Gasteiger partial charge in [0.2, 0.25) is 5.91 Å². The predicted molar refractivity (Wildman–Crippen MR) is 87.3 cm³/mol. The fourth-order valence-electron chi connectivity index (χ4n) is 2.63. The summed E-state index contributed by atoms with van der Waals surface area (Å²) in [6, 6.07) is 3.57. The van der Waals surface area contributed by atoms with Gasteiger partial charge in [0.15, 0.2) is 0 Å². The largest absolute Gasteiger partial charge is 0.341 e. The predicted octanol–water partition coefficient (Wildman–Crippen LogP) is 2.13. The molecule has 0 aromatic carbocycles. The molecule has 3 rings (SSSR count). The number of hydrogen-bond donors (Lipinski definition) is 0. The summed E-state index contributed by atoms with van der Waals surface area (Å²) in [5.41, 5.74) is 0.750. The minimum Gasteiger partial charge on any atom is -0.341 e. The van der Waals surface area contributed by atoms with Gasteiger partial charge in [-0.05, 0) is 48.7 Å². The summed E-state index contributed by atoms with van der Waals surface area (Å²) >= 11 is 0.865. The average Bonchev–Trinajstić information content (AvgIpc) is 2.84. The van der Waals surface area contributed by atoms with Gasteiger partial charge in [-0.3, -0.25) is 24.3 Å². The highest BCUT2D eigenvalue weighted by molar-refractivity contribution is 8.18. The Bertz CT molecular complexity index is 654. The Morgan fingerprint density at radius 1 is 1.26 bits per heavy atom. The number of aromatic nitrogens is 1. The second-order valence-electron chi connectivity index (χ2n) is 5.50. The van der Waals surface area contributed by atoms with Gasteiger partial charge >= 0.3 is 0 Å².